The van der Waals surface area contributed by atoms with Gasteiger partial charge in [0.25, 0.3) is 0 Å². The molecule has 3 N–H and O–H groups in total. The van der Waals surface area contributed by atoms with Crippen molar-refractivity contribution in [2.75, 3.05) is 13.7 Å². The van der Waals surface area contributed by atoms with E-state index in [4.69, 9.17) is 9.84 Å². The predicted octanol–water partition coefficient (Wildman–Crippen LogP) is 2.60. The second-order valence-electron chi connectivity index (χ2n) is 5.60. The molecular formula is C16H25FN2O3. The number of carbonyl (C=O) groups excluding carboxylic acids is 1. The van der Waals surface area contributed by atoms with Crippen molar-refractivity contribution in [1.82, 2.24) is 10.6 Å². The minimum Gasteiger partial charge on any atom is -0.494 e. The van der Waals surface area contributed by atoms with Gasteiger partial charge < -0.3 is 20.5 Å². The van der Waals surface area contributed by atoms with Gasteiger partial charge in [0.1, 0.15) is 0 Å². The average Bonchev–Trinajstić information content (AvgIpc) is 2.46. The Labute approximate surface area is 130 Å². The summed E-state index contributed by atoms with van der Waals surface area (Å²) < 4.78 is 18.6. The van der Waals surface area contributed by atoms with Gasteiger partial charge in [-0.1, -0.05) is 19.9 Å². The molecule has 2 unspecified atom stereocenters. The summed E-state index contributed by atoms with van der Waals surface area (Å²) in [5.74, 6) is -0.0794. The molecule has 2 amide bonds. The van der Waals surface area contributed by atoms with Crippen LogP contribution in [0.4, 0.5) is 9.18 Å². The van der Waals surface area contributed by atoms with Crippen molar-refractivity contribution in [3.05, 3.63) is 29.6 Å². The van der Waals surface area contributed by atoms with Crippen LogP contribution in [-0.4, -0.2) is 30.9 Å². The van der Waals surface area contributed by atoms with Crippen LogP contribution in [0.1, 0.15) is 38.8 Å². The lowest BCUT2D eigenvalue weighted by Crippen LogP contribution is -2.45. The molecule has 22 heavy (non-hydrogen) atoms. The SMILES string of the molecule is COc1ccc(C(C)NC(=O)NC(CCO)C(C)C)cc1F. The number of aliphatic hydroxyl groups is 1. The molecule has 5 nitrogen and oxygen atoms in total. The molecule has 0 aliphatic carbocycles. The average molecular weight is 312 g/mol. The van der Waals surface area contributed by atoms with Gasteiger partial charge in [-0.05, 0) is 37.0 Å². The lowest BCUT2D eigenvalue weighted by Gasteiger charge is -2.23. The highest BCUT2D eigenvalue weighted by Gasteiger charge is 2.17. The summed E-state index contributed by atoms with van der Waals surface area (Å²) in [6.07, 6.45) is 0.497. The van der Waals surface area contributed by atoms with Crippen molar-refractivity contribution < 1.29 is 19.0 Å². The lowest BCUT2D eigenvalue weighted by atomic mass is 10.0. The smallest absolute Gasteiger partial charge is 0.315 e. The molecule has 0 radical (unpaired) electrons. The Kier molecular flexibility index (Phi) is 7.11. The summed E-state index contributed by atoms with van der Waals surface area (Å²) >= 11 is 0. The zero-order valence-corrected chi connectivity index (χ0v) is 13.5. The number of carbonyl (C=O) groups is 1. The van der Waals surface area contributed by atoms with Crippen molar-refractivity contribution in [1.29, 1.82) is 0 Å². The van der Waals surface area contributed by atoms with Gasteiger partial charge in [0.15, 0.2) is 11.6 Å². The maximum Gasteiger partial charge on any atom is 0.315 e. The summed E-state index contributed by atoms with van der Waals surface area (Å²) in [6.45, 7) is 5.74. The quantitative estimate of drug-likeness (QED) is 0.725. The molecule has 1 aromatic carbocycles. The summed E-state index contributed by atoms with van der Waals surface area (Å²) in [7, 11) is 1.40. The number of hydrogen-bond acceptors (Lipinski definition) is 3. The van der Waals surface area contributed by atoms with Gasteiger partial charge in [-0.15, -0.1) is 0 Å². The summed E-state index contributed by atoms with van der Waals surface area (Å²) in [5.41, 5.74) is 0.650. The van der Waals surface area contributed by atoms with Crippen molar-refractivity contribution in [2.24, 2.45) is 5.92 Å². The van der Waals surface area contributed by atoms with Crippen LogP contribution in [0.5, 0.6) is 5.75 Å². The van der Waals surface area contributed by atoms with Crippen LogP contribution >= 0.6 is 0 Å². The molecule has 0 fully saturated rings. The van der Waals surface area contributed by atoms with Crippen LogP contribution in [0.15, 0.2) is 18.2 Å². The van der Waals surface area contributed by atoms with E-state index >= 15 is 0 Å². The first kappa shape index (κ1) is 18.2. The number of rotatable bonds is 7. The van der Waals surface area contributed by atoms with E-state index in [1.54, 1.807) is 13.0 Å². The Morgan fingerprint density at radius 2 is 2.00 bits per heavy atom. The third kappa shape index (κ3) is 5.18. The zero-order chi connectivity index (χ0) is 16.7. The maximum absolute atomic E-state index is 13.7. The number of amides is 2. The molecule has 0 bridgehead atoms. The number of ether oxygens (including phenoxy) is 1. The topological polar surface area (TPSA) is 70.6 Å². The van der Waals surface area contributed by atoms with E-state index in [1.807, 2.05) is 13.8 Å². The summed E-state index contributed by atoms with van der Waals surface area (Å²) in [4.78, 5) is 12.0. The molecule has 1 rings (SSSR count). The van der Waals surface area contributed by atoms with Crippen LogP contribution in [0.2, 0.25) is 0 Å². The van der Waals surface area contributed by atoms with Gasteiger partial charge in [-0.3, -0.25) is 0 Å². The van der Waals surface area contributed by atoms with Gasteiger partial charge in [-0.2, -0.15) is 0 Å². The monoisotopic (exact) mass is 312 g/mol. The summed E-state index contributed by atoms with van der Waals surface area (Å²) in [5, 5.41) is 14.6. The van der Waals surface area contributed by atoms with Crippen molar-refractivity contribution in [2.45, 2.75) is 39.3 Å². The molecule has 0 spiro atoms. The molecule has 6 heteroatoms. The highest BCUT2D eigenvalue weighted by Crippen LogP contribution is 2.21. The van der Waals surface area contributed by atoms with Gasteiger partial charge in [0, 0.05) is 12.6 Å². The fraction of sp³-hybridized carbons (Fsp3) is 0.562. The van der Waals surface area contributed by atoms with Crippen LogP contribution in [-0.2, 0) is 0 Å². The first-order valence-electron chi connectivity index (χ1n) is 7.40. The van der Waals surface area contributed by atoms with Gasteiger partial charge >= 0.3 is 6.03 Å². The fourth-order valence-corrected chi connectivity index (χ4v) is 2.15. The van der Waals surface area contributed by atoms with Crippen molar-refractivity contribution >= 4 is 6.03 Å². The standard InChI is InChI=1S/C16H25FN2O3/c1-10(2)14(7-8-20)19-16(21)18-11(3)12-5-6-15(22-4)13(17)9-12/h5-6,9-11,14,20H,7-8H2,1-4H3,(H2,18,19,21). The van der Waals surface area contributed by atoms with Gasteiger partial charge in [-0.25, -0.2) is 9.18 Å². The van der Waals surface area contributed by atoms with E-state index in [1.165, 1.54) is 19.2 Å². The van der Waals surface area contributed by atoms with Gasteiger partial charge in [0.05, 0.1) is 13.2 Å². The van der Waals surface area contributed by atoms with E-state index in [9.17, 15) is 9.18 Å². The molecule has 124 valence electrons. The van der Waals surface area contributed by atoms with E-state index in [0.717, 1.165) is 0 Å². The molecule has 0 aliphatic heterocycles. The highest BCUT2D eigenvalue weighted by molar-refractivity contribution is 5.74. The predicted molar refractivity (Wildman–Crippen MR) is 83.4 cm³/mol. The summed E-state index contributed by atoms with van der Waals surface area (Å²) in [6, 6.07) is 3.80. The van der Waals surface area contributed by atoms with E-state index in [-0.39, 0.29) is 36.4 Å². The molecule has 0 aliphatic rings. The largest absolute Gasteiger partial charge is 0.494 e. The maximum atomic E-state index is 13.7. The number of methoxy groups -OCH3 is 1. The second-order valence-corrected chi connectivity index (χ2v) is 5.60. The van der Waals surface area contributed by atoms with E-state index in [0.29, 0.717) is 12.0 Å². The molecule has 0 aromatic heterocycles. The Morgan fingerprint density at radius 3 is 2.50 bits per heavy atom. The second kappa shape index (κ2) is 8.58. The third-order valence-electron chi connectivity index (χ3n) is 3.58. The molecule has 1 aromatic rings. The Hall–Kier alpha value is -1.82. The van der Waals surface area contributed by atoms with Crippen LogP contribution in [0.25, 0.3) is 0 Å². The number of hydrogen-bond donors (Lipinski definition) is 3. The molecule has 0 heterocycles. The molecule has 2 atom stereocenters. The Balaban J connectivity index is 2.65. The van der Waals surface area contributed by atoms with Crippen LogP contribution in [0, 0.1) is 11.7 Å². The van der Waals surface area contributed by atoms with Crippen LogP contribution in [0.3, 0.4) is 0 Å². The highest BCUT2D eigenvalue weighted by atomic mass is 19.1. The number of benzene rings is 1. The fourth-order valence-electron chi connectivity index (χ4n) is 2.15. The van der Waals surface area contributed by atoms with Gasteiger partial charge in [0.2, 0.25) is 0 Å². The van der Waals surface area contributed by atoms with Crippen LogP contribution < -0.4 is 15.4 Å². The number of nitrogens with one attached hydrogen (secondary N) is 2. The minimum atomic E-state index is -0.464. The molecule has 0 saturated heterocycles. The Bertz CT molecular complexity index is 494. The van der Waals surface area contributed by atoms with E-state index in [2.05, 4.69) is 10.6 Å². The third-order valence-corrected chi connectivity index (χ3v) is 3.58. The van der Waals surface area contributed by atoms with Crippen molar-refractivity contribution in [3.63, 3.8) is 0 Å². The van der Waals surface area contributed by atoms with E-state index < -0.39 is 5.82 Å². The minimum absolute atomic E-state index is 0.0162. The molecule has 0 saturated carbocycles. The Morgan fingerprint density at radius 1 is 1.32 bits per heavy atom. The number of halogens is 1. The first-order chi connectivity index (χ1) is 10.4. The normalized spacial score (nSPS) is 13.6. The molecular weight excluding hydrogens is 287 g/mol. The zero-order valence-electron chi connectivity index (χ0n) is 13.5. The van der Waals surface area contributed by atoms with Crippen molar-refractivity contribution in [3.8, 4) is 5.75 Å². The number of urea groups is 1. The number of aliphatic hydroxyl groups excluding tert-OH is 1. The lowest BCUT2D eigenvalue weighted by molar-refractivity contribution is 0.216. The first-order valence-corrected chi connectivity index (χ1v) is 7.40.